The molecular weight excluding hydrogens is 304 g/mol. The van der Waals surface area contributed by atoms with Crippen LogP contribution in [0.2, 0.25) is 5.02 Å². The van der Waals surface area contributed by atoms with Gasteiger partial charge in [-0.3, -0.25) is 0 Å². The van der Waals surface area contributed by atoms with Crippen molar-refractivity contribution in [2.24, 2.45) is 5.73 Å². The Bertz CT molecular complexity index is 643. The van der Waals surface area contributed by atoms with Crippen LogP contribution in [0, 0.1) is 0 Å². The zero-order valence-corrected chi connectivity index (χ0v) is 13.5. The van der Waals surface area contributed by atoms with Crippen LogP contribution in [0.1, 0.15) is 24.1 Å². The van der Waals surface area contributed by atoms with Crippen molar-refractivity contribution in [2.45, 2.75) is 13.0 Å². The summed E-state index contributed by atoms with van der Waals surface area (Å²) in [7, 11) is 1.65. The third-order valence-corrected chi connectivity index (χ3v) is 3.79. The lowest BCUT2D eigenvalue weighted by Crippen LogP contribution is -2.10. The molecule has 0 heterocycles. The number of ether oxygens (including phenoxy) is 1. The van der Waals surface area contributed by atoms with Gasteiger partial charge in [0, 0.05) is 11.6 Å². The molecule has 0 amide bonds. The van der Waals surface area contributed by atoms with E-state index < -0.39 is 0 Å². The van der Waals surface area contributed by atoms with Gasteiger partial charge in [-0.05, 0) is 42.8 Å². The van der Waals surface area contributed by atoms with Crippen LogP contribution in [0.3, 0.4) is 0 Å². The van der Waals surface area contributed by atoms with E-state index in [4.69, 9.17) is 34.3 Å². The standard InChI is InChI=1S/C16H17ClN2OS/c1-10(11-3-6-13(20-2)7-4-11)19-15-8-5-12(16(18)21)9-14(15)17/h3-10,19H,1-2H3,(H2,18,21). The molecule has 5 heteroatoms. The number of hydrogen-bond acceptors (Lipinski definition) is 3. The first-order chi connectivity index (χ1) is 10.0. The minimum Gasteiger partial charge on any atom is -0.497 e. The molecule has 0 saturated carbocycles. The molecule has 0 saturated heterocycles. The highest BCUT2D eigenvalue weighted by Crippen LogP contribution is 2.28. The maximum atomic E-state index is 6.25. The fourth-order valence-electron chi connectivity index (χ4n) is 1.99. The molecule has 21 heavy (non-hydrogen) atoms. The minimum atomic E-state index is 0.115. The van der Waals surface area contributed by atoms with Gasteiger partial charge in [0.1, 0.15) is 10.7 Å². The summed E-state index contributed by atoms with van der Waals surface area (Å²) in [5.41, 5.74) is 8.35. The van der Waals surface area contributed by atoms with Crippen molar-refractivity contribution in [1.82, 2.24) is 0 Å². The number of nitrogens with one attached hydrogen (secondary N) is 1. The summed E-state index contributed by atoms with van der Waals surface area (Å²) in [5.74, 6) is 0.838. The Labute approximate surface area is 135 Å². The lowest BCUT2D eigenvalue weighted by atomic mass is 10.1. The molecule has 0 spiro atoms. The van der Waals surface area contributed by atoms with Crippen LogP contribution in [-0.2, 0) is 0 Å². The zero-order chi connectivity index (χ0) is 15.4. The minimum absolute atomic E-state index is 0.115. The first kappa shape index (κ1) is 15.6. The summed E-state index contributed by atoms with van der Waals surface area (Å²) in [6, 6.07) is 13.5. The third kappa shape index (κ3) is 3.86. The average molecular weight is 321 g/mol. The fourth-order valence-corrected chi connectivity index (χ4v) is 2.36. The molecule has 0 aliphatic carbocycles. The molecule has 1 atom stereocenters. The summed E-state index contributed by atoms with van der Waals surface area (Å²) in [5, 5.41) is 3.97. The van der Waals surface area contributed by atoms with Crippen molar-refractivity contribution in [3.05, 3.63) is 58.6 Å². The second-order valence-electron chi connectivity index (χ2n) is 4.70. The molecule has 110 valence electrons. The van der Waals surface area contributed by atoms with E-state index in [0.717, 1.165) is 22.6 Å². The smallest absolute Gasteiger partial charge is 0.118 e. The topological polar surface area (TPSA) is 47.3 Å². The monoisotopic (exact) mass is 320 g/mol. The molecule has 3 nitrogen and oxygen atoms in total. The van der Waals surface area contributed by atoms with Gasteiger partial charge in [0.05, 0.1) is 17.8 Å². The Morgan fingerprint density at radius 3 is 2.43 bits per heavy atom. The van der Waals surface area contributed by atoms with Crippen LogP contribution in [0.25, 0.3) is 0 Å². The number of anilines is 1. The Morgan fingerprint density at radius 1 is 1.24 bits per heavy atom. The number of hydrogen-bond donors (Lipinski definition) is 2. The third-order valence-electron chi connectivity index (χ3n) is 3.24. The number of halogens is 1. The van der Waals surface area contributed by atoms with Crippen molar-refractivity contribution in [2.75, 3.05) is 12.4 Å². The maximum absolute atomic E-state index is 6.25. The zero-order valence-electron chi connectivity index (χ0n) is 11.9. The van der Waals surface area contributed by atoms with E-state index in [9.17, 15) is 0 Å². The normalized spacial score (nSPS) is 11.8. The van der Waals surface area contributed by atoms with Crippen LogP contribution in [0.5, 0.6) is 5.75 Å². The van der Waals surface area contributed by atoms with Gasteiger partial charge in [0.25, 0.3) is 0 Å². The van der Waals surface area contributed by atoms with Crippen LogP contribution >= 0.6 is 23.8 Å². The van der Waals surface area contributed by atoms with Gasteiger partial charge in [-0.15, -0.1) is 0 Å². The second-order valence-corrected chi connectivity index (χ2v) is 5.55. The largest absolute Gasteiger partial charge is 0.497 e. The highest BCUT2D eigenvalue weighted by atomic mass is 35.5. The molecule has 0 aliphatic rings. The van der Waals surface area contributed by atoms with Crippen LogP contribution in [0.15, 0.2) is 42.5 Å². The number of thiocarbonyl (C=S) groups is 1. The lowest BCUT2D eigenvalue weighted by molar-refractivity contribution is 0.414. The Hall–Kier alpha value is -1.78. The molecule has 0 fully saturated rings. The quantitative estimate of drug-likeness (QED) is 0.812. The van der Waals surface area contributed by atoms with E-state index in [1.165, 1.54) is 0 Å². The van der Waals surface area contributed by atoms with Gasteiger partial charge in [0.2, 0.25) is 0 Å². The van der Waals surface area contributed by atoms with Crippen molar-refractivity contribution >= 4 is 34.5 Å². The molecule has 1 unspecified atom stereocenters. The summed E-state index contributed by atoms with van der Waals surface area (Å²) in [6.07, 6.45) is 0. The molecule has 0 radical (unpaired) electrons. The lowest BCUT2D eigenvalue weighted by Gasteiger charge is -2.17. The number of nitrogens with two attached hydrogens (primary N) is 1. The van der Waals surface area contributed by atoms with Gasteiger partial charge in [-0.25, -0.2) is 0 Å². The van der Waals surface area contributed by atoms with Crippen LogP contribution in [-0.4, -0.2) is 12.1 Å². The first-order valence-electron chi connectivity index (χ1n) is 6.51. The molecule has 2 aromatic carbocycles. The van der Waals surface area contributed by atoms with E-state index in [1.807, 2.05) is 36.4 Å². The van der Waals surface area contributed by atoms with Crippen LogP contribution < -0.4 is 15.8 Å². The van der Waals surface area contributed by atoms with Crippen LogP contribution in [0.4, 0.5) is 5.69 Å². The Kier molecular flexibility index (Phi) is 5.04. The molecule has 2 rings (SSSR count). The summed E-state index contributed by atoms with van der Waals surface area (Å²) < 4.78 is 5.16. The summed E-state index contributed by atoms with van der Waals surface area (Å²) in [6.45, 7) is 2.07. The molecule has 2 aromatic rings. The molecule has 0 aromatic heterocycles. The molecule has 0 bridgehead atoms. The van der Waals surface area contributed by atoms with Crippen molar-refractivity contribution in [3.63, 3.8) is 0 Å². The number of rotatable bonds is 5. The van der Waals surface area contributed by atoms with E-state index >= 15 is 0 Å². The summed E-state index contributed by atoms with van der Waals surface area (Å²) >= 11 is 11.2. The molecule has 0 aliphatic heterocycles. The van der Waals surface area contributed by atoms with Crippen molar-refractivity contribution in [3.8, 4) is 5.75 Å². The Morgan fingerprint density at radius 2 is 1.90 bits per heavy atom. The van der Waals surface area contributed by atoms with Gasteiger partial charge in [0.15, 0.2) is 0 Å². The highest BCUT2D eigenvalue weighted by molar-refractivity contribution is 7.80. The van der Waals surface area contributed by atoms with E-state index in [2.05, 4.69) is 12.2 Å². The maximum Gasteiger partial charge on any atom is 0.118 e. The highest BCUT2D eigenvalue weighted by Gasteiger charge is 2.09. The Balaban J connectivity index is 2.14. The predicted molar refractivity (Wildman–Crippen MR) is 92.4 cm³/mol. The van der Waals surface area contributed by atoms with Crippen molar-refractivity contribution < 1.29 is 4.74 Å². The van der Waals surface area contributed by atoms with Crippen molar-refractivity contribution in [1.29, 1.82) is 0 Å². The average Bonchev–Trinajstić information content (AvgIpc) is 2.49. The van der Waals surface area contributed by atoms with Gasteiger partial charge in [-0.2, -0.15) is 0 Å². The van der Waals surface area contributed by atoms with E-state index in [1.54, 1.807) is 13.2 Å². The van der Waals surface area contributed by atoms with E-state index in [0.29, 0.717) is 10.0 Å². The second kappa shape index (κ2) is 6.78. The fraction of sp³-hybridized carbons (Fsp3) is 0.188. The molecular formula is C16H17ClN2OS. The predicted octanol–water partition coefficient (Wildman–Crippen LogP) is 4.16. The number of methoxy groups -OCH3 is 1. The number of benzene rings is 2. The SMILES string of the molecule is COc1ccc(C(C)Nc2ccc(C(N)=S)cc2Cl)cc1. The first-order valence-corrected chi connectivity index (χ1v) is 7.29. The van der Waals surface area contributed by atoms with Gasteiger partial charge in [-0.1, -0.05) is 36.0 Å². The van der Waals surface area contributed by atoms with E-state index in [-0.39, 0.29) is 6.04 Å². The van der Waals surface area contributed by atoms with Gasteiger partial charge >= 0.3 is 0 Å². The summed E-state index contributed by atoms with van der Waals surface area (Å²) in [4.78, 5) is 0.339. The molecule has 3 N–H and O–H groups in total. The van der Waals surface area contributed by atoms with Gasteiger partial charge < -0.3 is 15.8 Å².